The summed E-state index contributed by atoms with van der Waals surface area (Å²) in [6.07, 6.45) is 5.61. The number of para-hydroxylation sites is 1. The van der Waals surface area contributed by atoms with Crippen LogP contribution in [-0.4, -0.2) is 11.1 Å². The number of aromatic hydroxyl groups is 1. The molecule has 0 saturated heterocycles. The van der Waals surface area contributed by atoms with Crippen LogP contribution in [-0.2, 0) is 4.79 Å². The van der Waals surface area contributed by atoms with Crippen molar-refractivity contribution < 1.29 is 14.6 Å². The Balaban J connectivity index is 0.000000225. The fraction of sp³-hybridized carbons (Fsp3) is 0.250. The fourth-order valence-electron chi connectivity index (χ4n) is 3.08. The monoisotopic (exact) mass is 416 g/mol. The van der Waals surface area contributed by atoms with Crippen molar-refractivity contribution in [1.82, 2.24) is 0 Å². The van der Waals surface area contributed by atoms with Crippen LogP contribution < -0.4 is 4.74 Å². The van der Waals surface area contributed by atoms with E-state index in [2.05, 4.69) is 20.8 Å². The van der Waals surface area contributed by atoms with Crippen molar-refractivity contribution in [3.8, 4) is 11.5 Å². The van der Waals surface area contributed by atoms with Gasteiger partial charge in [0, 0.05) is 6.08 Å². The minimum atomic E-state index is -0.375. The van der Waals surface area contributed by atoms with E-state index in [9.17, 15) is 4.79 Å². The molecule has 2 unspecified atom stereocenters. The molecular weight excluding hydrogens is 384 g/mol. The number of phenols is 1. The molecule has 0 bridgehead atoms. The van der Waals surface area contributed by atoms with Crippen LogP contribution in [0.2, 0.25) is 0 Å². The highest BCUT2D eigenvalue weighted by Crippen LogP contribution is 2.25. The maximum absolute atomic E-state index is 11.5. The van der Waals surface area contributed by atoms with Crippen molar-refractivity contribution in [3.05, 3.63) is 102 Å². The normalized spacial score (nSPS) is 12.5. The Morgan fingerprint density at radius 3 is 2.06 bits per heavy atom. The van der Waals surface area contributed by atoms with Gasteiger partial charge in [-0.15, -0.1) is 0 Å². The van der Waals surface area contributed by atoms with Crippen LogP contribution in [0.5, 0.6) is 11.5 Å². The van der Waals surface area contributed by atoms with Crippen molar-refractivity contribution in [2.24, 2.45) is 5.92 Å². The first-order chi connectivity index (χ1) is 15.0. The maximum atomic E-state index is 11.5. The van der Waals surface area contributed by atoms with Gasteiger partial charge in [-0.3, -0.25) is 0 Å². The summed E-state index contributed by atoms with van der Waals surface area (Å²) in [5.41, 5.74) is 2.29. The van der Waals surface area contributed by atoms with Gasteiger partial charge in [0.1, 0.15) is 11.5 Å². The Bertz CT molecular complexity index is 915. The molecule has 0 aliphatic rings. The Labute approximate surface area is 186 Å². The molecule has 0 spiro atoms. The highest BCUT2D eigenvalue weighted by atomic mass is 16.5. The van der Waals surface area contributed by atoms with Crippen molar-refractivity contribution in [3.63, 3.8) is 0 Å². The van der Waals surface area contributed by atoms with E-state index in [0.717, 1.165) is 11.5 Å². The fourth-order valence-corrected chi connectivity index (χ4v) is 3.08. The molecule has 2 atom stereocenters. The Morgan fingerprint density at radius 2 is 1.48 bits per heavy atom. The number of phenolic OH excluding ortho intramolecular Hbond substituents is 1. The summed E-state index contributed by atoms with van der Waals surface area (Å²) in [6, 6.07) is 26.2. The first-order valence-corrected chi connectivity index (χ1v) is 10.8. The van der Waals surface area contributed by atoms with Gasteiger partial charge in [-0.2, -0.15) is 0 Å². The number of carbonyl (C=O) groups is 1. The summed E-state index contributed by atoms with van der Waals surface area (Å²) >= 11 is 0. The number of carbonyl (C=O) groups excluding carboxylic acids is 1. The van der Waals surface area contributed by atoms with Crippen molar-refractivity contribution in [1.29, 1.82) is 0 Å². The van der Waals surface area contributed by atoms with Gasteiger partial charge in [-0.1, -0.05) is 87.9 Å². The third-order valence-electron chi connectivity index (χ3n) is 5.09. The zero-order valence-electron chi connectivity index (χ0n) is 18.6. The summed E-state index contributed by atoms with van der Waals surface area (Å²) in [5.74, 6) is 1.89. The van der Waals surface area contributed by atoms with Crippen molar-refractivity contribution in [2.75, 3.05) is 0 Å². The maximum Gasteiger partial charge on any atom is 0.336 e. The van der Waals surface area contributed by atoms with Gasteiger partial charge in [-0.05, 0) is 59.7 Å². The molecule has 3 heteroatoms. The molecule has 0 radical (unpaired) electrons. The molecular formula is C28H32O3. The lowest BCUT2D eigenvalue weighted by Crippen LogP contribution is -2.03. The highest BCUT2D eigenvalue weighted by molar-refractivity contribution is 5.88. The Kier molecular flexibility index (Phi) is 10.1. The van der Waals surface area contributed by atoms with Crippen LogP contribution in [0.15, 0.2) is 91.0 Å². The molecule has 0 fully saturated rings. The van der Waals surface area contributed by atoms with Crippen LogP contribution in [0.4, 0.5) is 0 Å². The lowest BCUT2D eigenvalue weighted by atomic mass is 9.90. The van der Waals surface area contributed by atoms with E-state index in [4.69, 9.17) is 9.84 Å². The van der Waals surface area contributed by atoms with E-state index in [-0.39, 0.29) is 5.97 Å². The van der Waals surface area contributed by atoms with E-state index >= 15 is 0 Å². The molecule has 0 aromatic heterocycles. The van der Waals surface area contributed by atoms with Gasteiger partial charge in [-0.25, -0.2) is 4.79 Å². The van der Waals surface area contributed by atoms with Gasteiger partial charge >= 0.3 is 5.97 Å². The van der Waals surface area contributed by atoms with Crippen LogP contribution in [0.3, 0.4) is 0 Å². The molecule has 1 N–H and O–H groups in total. The lowest BCUT2D eigenvalue weighted by Gasteiger charge is -2.16. The van der Waals surface area contributed by atoms with E-state index in [1.54, 1.807) is 30.3 Å². The smallest absolute Gasteiger partial charge is 0.336 e. The summed E-state index contributed by atoms with van der Waals surface area (Å²) in [4.78, 5) is 11.5. The molecule has 3 aromatic carbocycles. The minimum Gasteiger partial charge on any atom is -0.508 e. The summed E-state index contributed by atoms with van der Waals surface area (Å²) in [6.45, 7) is 6.77. The molecule has 0 aliphatic carbocycles. The van der Waals surface area contributed by atoms with Gasteiger partial charge in [0.05, 0.1) is 0 Å². The zero-order valence-corrected chi connectivity index (χ0v) is 18.6. The molecule has 3 aromatic rings. The third kappa shape index (κ3) is 9.35. The molecule has 162 valence electrons. The average molecular weight is 417 g/mol. The number of rotatable bonds is 7. The van der Waals surface area contributed by atoms with E-state index in [0.29, 0.717) is 17.4 Å². The zero-order chi connectivity index (χ0) is 22.5. The van der Waals surface area contributed by atoms with Crippen LogP contribution in [0.1, 0.15) is 50.7 Å². The van der Waals surface area contributed by atoms with Crippen molar-refractivity contribution >= 4 is 12.0 Å². The second-order valence-corrected chi connectivity index (χ2v) is 7.72. The first kappa shape index (κ1) is 23.9. The predicted octanol–water partition coefficient (Wildman–Crippen LogP) is 7.24. The molecule has 3 rings (SSSR count). The summed E-state index contributed by atoms with van der Waals surface area (Å²) in [5, 5.41) is 9.17. The van der Waals surface area contributed by atoms with E-state index < -0.39 is 0 Å². The number of esters is 1. The Hall–Kier alpha value is -3.33. The minimum absolute atomic E-state index is 0.351. The molecule has 0 aliphatic heterocycles. The summed E-state index contributed by atoms with van der Waals surface area (Å²) < 4.78 is 5.11. The molecule has 0 saturated carbocycles. The SMILES string of the molecule is CCC(C)CC(C)c1ccc(O)cc1.O=C(/C=C/c1ccccc1)Oc1ccccc1. The third-order valence-corrected chi connectivity index (χ3v) is 5.09. The number of hydrogen-bond acceptors (Lipinski definition) is 3. The van der Waals surface area contributed by atoms with E-state index in [1.807, 2.05) is 60.7 Å². The summed E-state index contributed by atoms with van der Waals surface area (Å²) in [7, 11) is 0. The largest absolute Gasteiger partial charge is 0.508 e. The van der Waals surface area contributed by atoms with Crippen LogP contribution >= 0.6 is 0 Å². The number of hydrogen-bond donors (Lipinski definition) is 1. The van der Waals surface area contributed by atoms with Gasteiger partial charge in [0.25, 0.3) is 0 Å². The highest BCUT2D eigenvalue weighted by Gasteiger charge is 2.09. The standard InChI is InChI=1S/C15H12O2.C13H20O/c16-15(17-14-9-5-2-6-10-14)12-11-13-7-3-1-4-8-13;1-4-10(2)9-11(3)12-5-7-13(14)8-6-12/h1-12H;5-8,10-11,14H,4,9H2,1-3H3/b12-11+;. The number of ether oxygens (including phenoxy) is 1. The Morgan fingerprint density at radius 1 is 0.903 bits per heavy atom. The first-order valence-electron chi connectivity index (χ1n) is 10.8. The van der Waals surface area contributed by atoms with E-state index in [1.165, 1.54) is 24.5 Å². The van der Waals surface area contributed by atoms with Gasteiger partial charge in [0.15, 0.2) is 0 Å². The topological polar surface area (TPSA) is 46.5 Å². The number of benzene rings is 3. The van der Waals surface area contributed by atoms with Crippen LogP contribution in [0, 0.1) is 5.92 Å². The second-order valence-electron chi connectivity index (χ2n) is 7.72. The molecule has 31 heavy (non-hydrogen) atoms. The average Bonchev–Trinajstić information content (AvgIpc) is 2.80. The van der Waals surface area contributed by atoms with Gasteiger partial charge < -0.3 is 9.84 Å². The second kappa shape index (κ2) is 13.1. The van der Waals surface area contributed by atoms with Crippen molar-refractivity contribution in [2.45, 2.75) is 39.5 Å². The lowest BCUT2D eigenvalue weighted by molar-refractivity contribution is -0.128. The molecule has 0 amide bonds. The predicted molar refractivity (Wildman–Crippen MR) is 128 cm³/mol. The molecule has 0 heterocycles. The molecule has 3 nitrogen and oxygen atoms in total. The quantitative estimate of drug-likeness (QED) is 0.251. The van der Waals surface area contributed by atoms with Gasteiger partial charge in [0.2, 0.25) is 0 Å². The van der Waals surface area contributed by atoms with Crippen LogP contribution in [0.25, 0.3) is 6.08 Å².